The van der Waals surface area contributed by atoms with Crippen LogP contribution >= 0.6 is 0 Å². The molecular formula is C25H42O4. The number of ether oxygens (including phenoxy) is 1. The van der Waals surface area contributed by atoms with Gasteiger partial charge >= 0.3 is 5.97 Å². The molecule has 0 amide bonds. The molecule has 166 valence electrons. The molecule has 4 heteroatoms. The van der Waals surface area contributed by atoms with Gasteiger partial charge in [-0.25, -0.2) is 0 Å². The van der Waals surface area contributed by atoms with Gasteiger partial charge in [-0.15, -0.1) is 0 Å². The van der Waals surface area contributed by atoms with Crippen LogP contribution in [0.5, 0.6) is 0 Å². The van der Waals surface area contributed by atoms with Gasteiger partial charge in [0, 0.05) is 6.42 Å². The molecule has 4 aliphatic rings. The van der Waals surface area contributed by atoms with E-state index in [1.807, 2.05) is 0 Å². The van der Waals surface area contributed by atoms with E-state index < -0.39 is 0 Å². The number of hydrogen-bond donors (Lipinski definition) is 2. The summed E-state index contributed by atoms with van der Waals surface area (Å²) in [6, 6.07) is 0. The van der Waals surface area contributed by atoms with Gasteiger partial charge in [0.2, 0.25) is 0 Å². The highest BCUT2D eigenvalue weighted by Gasteiger charge is 2.62. The largest absolute Gasteiger partial charge is 0.469 e. The number of carbonyl (C=O) groups excluding carboxylic acids is 1. The van der Waals surface area contributed by atoms with Gasteiger partial charge in [-0.2, -0.15) is 0 Å². The molecule has 4 rings (SSSR count). The van der Waals surface area contributed by atoms with Crippen molar-refractivity contribution in [2.45, 2.75) is 97.2 Å². The quantitative estimate of drug-likeness (QED) is 0.671. The Hall–Kier alpha value is -0.610. The standard InChI is InChI=1S/C25H42O4/c1-15(5-8-22(28)29-4)18-6-7-19-23-20(10-12-25(18,19)3)24(2)11-9-17(26)13-16(24)14-21(23)27/h15-21,23,26-27H,5-14H2,1-4H3/t15-,16?,17-,18?,19?,20?,21?,23?,24?,25?/m1/s1. The summed E-state index contributed by atoms with van der Waals surface area (Å²) in [5.41, 5.74) is 0.577. The van der Waals surface area contributed by atoms with Crippen LogP contribution in [-0.4, -0.2) is 35.5 Å². The molecule has 8 unspecified atom stereocenters. The van der Waals surface area contributed by atoms with Crippen LogP contribution in [0.25, 0.3) is 0 Å². The second-order valence-corrected chi connectivity index (χ2v) is 11.5. The Bertz CT molecular complexity index is 620. The van der Waals surface area contributed by atoms with E-state index in [2.05, 4.69) is 20.8 Å². The molecule has 0 spiro atoms. The molecule has 4 nitrogen and oxygen atoms in total. The van der Waals surface area contributed by atoms with Gasteiger partial charge in [0.05, 0.1) is 19.3 Å². The van der Waals surface area contributed by atoms with E-state index in [-0.39, 0.29) is 23.6 Å². The summed E-state index contributed by atoms with van der Waals surface area (Å²) < 4.78 is 4.86. The highest BCUT2D eigenvalue weighted by Crippen LogP contribution is 2.68. The molecule has 4 aliphatic carbocycles. The zero-order valence-electron chi connectivity index (χ0n) is 18.9. The zero-order chi connectivity index (χ0) is 21.0. The number of fused-ring (bicyclic) bond motifs is 5. The van der Waals surface area contributed by atoms with Gasteiger partial charge in [0.1, 0.15) is 0 Å². The zero-order valence-corrected chi connectivity index (χ0v) is 18.9. The fraction of sp³-hybridized carbons (Fsp3) is 0.960. The second kappa shape index (κ2) is 7.82. The van der Waals surface area contributed by atoms with Gasteiger partial charge < -0.3 is 14.9 Å². The predicted octanol–water partition coefficient (Wildman–Crippen LogP) is 4.57. The Morgan fingerprint density at radius 1 is 1.03 bits per heavy atom. The molecule has 10 atom stereocenters. The van der Waals surface area contributed by atoms with Crippen molar-refractivity contribution < 1.29 is 19.7 Å². The third-order valence-corrected chi connectivity index (χ3v) is 10.4. The second-order valence-electron chi connectivity index (χ2n) is 11.5. The van der Waals surface area contributed by atoms with Gasteiger partial charge in [-0.1, -0.05) is 20.8 Å². The summed E-state index contributed by atoms with van der Waals surface area (Å²) in [5, 5.41) is 21.5. The fourth-order valence-corrected chi connectivity index (χ4v) is 8.82. The Labute approximate surface area is 176 Å². The average molecular weight is 407 g/mol. The molecule has 4 fully saturated rings. The molecule has 0 heterocycles. The van der Waals surface area contributed by atoms with E-state index in [9.17, 15) is 15.0 Å². The normalized spacial score (nSPS) is 50.2. The van der Waals surface area contributed by atoms with Crippen LogP contribution in [0.2, 0.25) is 0 Å². The summed E-state index contributed by atoms with van der Waals surface area (Å²) >= 11 is 0. The lowest BCUT2D eigenvalue weighted by Crippen LogP contribution is -2.58. The third-order valence-electron chi connectivity index (χ3n) is 10.4. The topological polar surface area (TPSA) is 66.8 Å². The summed E-state index contributed by atoms with van der Waals surface area (Å²) in [6.07, 6.45) is 9.80. The monoisotopic (exact) mass is 406 g/mol. The van der Waals surface area contributed by atoms with Gasteiger partial charge in [-0.3, -0.25) is 4.79 Å². The van der Waals surface area contributed by atoms with Crippen LogP contribution in [-0.2, 0) is 9.53 Å². The molecule has 4 saturated carbocycles. The van der Waals surface area contributed by atoms with Crippen LogP contribution in [0.15, 0.2) is 0 Å². The molecule has 0 aromatic rings. The molecule has 0 saturated heterocycles. The first-order valence-electron chi connectivity index (χ1n) is 12.1. The summed E-state index contributed by atoms with van der Waals surface area (Å²) in [7, 11) is 1.48. The van der Waals surface area contributed by atoms with Crippen LogP contribution < -0.4 is 0 Å². The van der Waals surface area contributed by atoms with Gasteiger partial charge in [0.15, 0.2) is 0 Å². The SMILES string of the molecule is COC(=O)CC[C@@H](C)C1CCC2C3C(O)CC4C[C@H](O)CCC4(C)C3CCC21C. The van der Waals surface area contributed by atoms with Crippen molar-refractivity contribution in [3.05, 3.63) is 0 Å². The minimum Gasteiger partial charge on any atom is -0.469 e. The third kappa shape index (κ3) is 3.46. The highest BCUT2D eigenvalue weighted by atomic mass is 16.5. The molecular weight excluding hydrogens is 364 g/mol. The first-order valence-corrected chi connectivity index (χ1v) is 12.1. The number of rotatable bonds is 4. The van der Waals surface area contributed by atoms with Crippen molar-refractivity contribution in [1.82, 2.24) is 0 Å². The molecule has 0 bridgehead atoms. The Morgan fingerprint density at radius 2 is 1.72 bits per heavy atom. The van der Waals surface area contributed by atoms with E-state index in [1.54, 1.807) is 0 Å². The lowest BCUT2D eigenvalue weighted by molar-refractivity contribution is -0.174. The molecule has 0 aromatic carbocycles. The highest BCUT2D eigenvalue weighted by molar-refractivity contribution is 5.69. The van der Waals surface area contributed by atoms with E-state index in [1.165, 1.54) is 32.8 Å². The summed E-state index contributed by atoms with van der Waals surface area (Å²) in [4.78, 5) is 11.6. The number of aliphatic hydroxyl groups is 2. The molecule has 29 heavy (non-hydrogen) atoms. The lowest BCUT2D eigenvalue weighted by atomic mass is 9.43. The summed E-state index contributed by atoms with van der Waals surface area (Å²) in [6.45, 7) is 7.29. The van der Waals surface area contributed by atoms with Gasteiger partial charge in [-0.05, 0) is 104 Å². The minimum absolute atomic E-state index is 0.0959. The molecule has 2 N–H and O–H groups in total. The van der Waals surface area contributed by atoms with Crippen molar-refractivity contribution in [3.63, 3.8) is 0 Å². The van der Waals surface area contributed by atoms with Crippen LogP contribution in [0.4, 0.5) is 0 Å². The van der Waals surface area contributed by atoms with Crippen molar-refractivity contribution >= 4 is 5.97 Å². The van der Waals surface area contributed by atoms with Crippen molar-refractivity contribution in [1.29, 1.82) is 0 Å². The Balaban J connectivity index is 1.53. The number of aliphatic hydroxyl groups excluding tert-OH is 2. The summed E-state index contributed by atoms with van der Waals surface area (Å²) in [5.74, 6) is 3.17. The maximum Gasteiger partial charge on any atom is 0.305 e. The maximum atomic E-state index is 11.6. The number of carbonyl (C=O) groups is 1. The molecule has 0 aliphatic heterocycles. The fourth-order valence-electron chi connectivity index (χ4n) is 8.82. The first kappa shape index (κ1) is 21.6. The maximum absolute atomic E-state index is 11.6. The number of methoxy groups -OCH3 is 1. The minimum atomic E-state index is -0.211. The van der Waals surface area contributed by atoms with Gasteiger partial charge in [0.25, 0.3) is 0 Å². The predicted molar refractivity (Wildman–Crippen MR) is 113 cm³/mol. The smallest absolute Gasteiger partial charge is 0.305 e. The van der Waals surface area contributed by atoms with Crippen molar-refractivity contribution in [2.75, 3.05) is 7.11 Å². The van der Waals surface area contributed by atoms with Crippen molar-refractivity contribution in [3.8, 4) is 0 Å². The van der Waals surface area contributed by atoms with Crippen LogP contribution in [0.1, 0.15) is 85.0 Å². The average Bonchev–Trinajstić information content (AvgIpc) is 3.04. The van der Waals surface area contributed by atoms with Crippen LogP contribution in [0, 0.1) is 46.3 Å². The van der Waals surface area contributed by atoms with E-state index in [0.717, 1.165) is 32.1 Å². The molecule has 0 radical (unpaired) electrons. The Kier molecular flexibility index (Phi) is 5.83. The van der Waals surface area contributed by atoms with E-state index in [0.29, 0.717) is 47.3 Å². The lowest BCUT2D eigenvalue weighted by Gasteiger charge is -2.62. The van der Waals surface area contributed by atoms with Crippen molar-refractivity contribution in [2.24, 2.45) is 46.3 Å². The van der Waals surface area contributed by atoms with Crippen LogP contribution in [0.3, 0.4) is 0 Å². The number of esters is 1. The van der Waals surface area contributed by atoms with E-state index in [4.69, 9.17) is 4.74 Å². The molecule has 0 aromatic heterocycles. The van der Waals surface area contributed by atoms with E-state index >= 15 is 0 Å². The Morgan fingerprint density at radius 3 is 2.45 bits per heavy atom. The first-order chi connectivity index (χ1) is 13.7. The number of hydrogen-bond acceptors (Lipinski definition) is 4.